The zero-order valence-corrected chi connectivity index (χ0v) is 11.7. The predicted molar refractivity (Wildman–Crippen MR) is 74.7 cm³/mol. The predicted octanol–water partition coefficient (Wildman–Crippen LogP) is 1.47. The summed E-state index contributed by atoms with van der Waals surface area (Å²) in [6.07, 6.45) is 5.07. The summed E-state index contributed by atoms with van der Waals surface area (Å²) in [5.74, 6) is 0.481. The Morgan fingerprint density at radius 2 is 2.30 bits per heavy atom. The van der Waals surface area contributed by atoms with Gasteiger partial charge in [-0.1, -0.05) is 0 Å². The molecule has 8 nitrogen and oxygen atoms in total. The lowest BCUT2D eigenvalue weighted by molar-refractivity contribution is 0.157. The summed E-state index contributed by atoms with van der Waals surface area (Å²) in [5, 5.41) is 13.5. The van der Waals surface area contributed by atoms with Gasteiger partial charge in [-0.25, -0.2) is 4.79 Å². The fraction of sp³-hybridized carbons (Fsp3) is 0.417. The van der Waals surface area contributed by atoms with E-state index in [4.69, 9.17) is 4.74 Å². The van der Waals surface area contributed by atoms with Crippen LogP contribution in [0.1, 0.15) is 13.0 Å². The summed E-state index contributed by atoms with van der Waals surface area (Å²) >= 11 is 0. The topological polar surface area (TPSA) is 86.0 Å². The van der Waals surface area contributed by atoms with Crippen LogP contribution in [-0.4, -0.2) is 39.3 Å². The van der Waals surface area contributed by atoms with E-state index in [2.05, 4.69) is 20.8 Å². The highest BCUT2D eigenvalue weighted by Gasteiger charge is 2.09. The van der Waals surface area contributed by atoms with Gasteiger partial charge in [-0.05, 0) is 6.92 Å². The molecule has 8 heteroatoms. The lowest BCUT2D eigenvalue weighted by Gasteiger charge is -2.10. The number of nitrogens with one attached hydrogen (secondary N) is 2. The van der Waals surface area contributed by atoms with Crippen LogP contribution in [0.4, 0.5) is 16.3 Å². The highest BCUT2D eigenvalue weighted by Crippen LogP contribution is 2.10. The Labute approximate surface area is 116 Å². The Bertz CT molecular complexity index is 576. The van der Waals surface area contributed by atoms with Crippen LogP contribution in [0.5, 0.6) is 0 Å². The number of urea groups is 1. The van der Waals surface area contributed by atoms with Crippen LogP contribution < -0.4 is 10.6 Å². The Balaban J connectivity index is 1.91. The van der Waals surface area contributed by atoms with Crippen LogP contribution in [0.3, 0.4) is 0 Å². The maximum absolute atomic E-state index is 11.8. The van der Waals surface area contributed by atoms with Crippen molar-refractivity contribution < 1.29 is 9.53 Å². The number of anilines is 2. The number of hydrogen-bond donors (Lipinski definition) is 2. The van der Waals surface area contributed by atoms with Gasteiger partial charge in [0.1, 0.15) is 0 Å². The van der Waals surface area contributed by atoms with Gasteiger partial charge in [0.2, 0.25) is 0 Å². The molecule has 0 saturated heterocycles. The zero-order chi connectivity index (χ0) is 14.5. The third-order valence-electron chi connectivity index (χ3n) is 2.67. The molecule has 2 rings (SSSR count). The van der Waals surface area contributed by atoms with E-state index in [1.165, 1.54) is 0 Å². The summed E-state index contributed by atoms with van der Waals surface area (Å²) in [7, 11) is 3.42. The molecule has 0 aliphatic rings. The quantitative estimate of drug-likeness (QED) is 0.867. The van der Waals surface area contributed by atoms with E-state index in [9.17, 15) is 4.79 Å². The minimum absolute atomic E-state index is 0.108. The van der Waals surface area contributed by atoms with Crippen LogP contribution in [0, 0.1) is 0 Å². The highest BCUT2D eigenvalue weighted by molar-refractivity contribution is 5.98. The molecule has 0 unspecified atom stereocenters. The number of methoxy groups -OCH3 is 1. The van der Waals surface area contributed by atoms with E-state index in [0.29, 0.717) is 18.1 Å². The first-order valence-electron chi connectivity index (χ1n) is 6.19. The third kappa shape index (κ3) is 3.58. The van der Waals surface area contributed by atoms with Crippen molar-refractivity contribution in [2.75, 3.05) is 24.4 Å². The van der Waals surface area contributed by atoms with Crippen molar-refractivity contribution in [1.29, 1.82) is 0 Å². The van der Waals surface area contributed by atoms with Crippen molar-refractivity contribution >= 4 is 17.5 Å². The van der Waals surface area contributed by atoms with Gasteiger partial charge >= 0.3 is 6.03 Å². The lowest BCUT2D eigenvalue weighted by atomic mass is 10.4. The number of aromatic nitrogens is 4. The minimum atomic E-state index is -0.359. The summed E-state index contributed by atoms with van der Waals surface area (Å²) in [6.45, 7) is 2.54. The Kier molecular flexibility index (Phi) is 4.36. The van der Waals surface area contributed by atoms with Crippen molar-refractivity contribution in [1.82, 2.24) is 19.6 Å². The number of amides is 2. The normalized spacial score (nSPS) is 12.2. The first-order valence-corrected chi connectivity index (χ1v) is 6.19. The molecular weight excluding hydrogens is 260 g/mol. The molecule has 1 atom stereocenters. The SMILES string of the molecule is COC[C@H](C)n1ccc(NC(=O)Nc2cnn(C)c2)n1. The third-order valence-corrected chi connectivity index (χ3v) is 2.67. The molecule has 20 heavy (non-hydrogen) atoms. The van der Waals surface area contributed by atoms with Crippen molar-refractivity contribution in [3.63, 3.8) is 0 Å². The molecule has 2 heterocycles. The van der Waals surface area contributed by atoms with Gasteiger partial charge in [0.05, 0.1) is 24.5 Å². The molecule has 2 aromatic heterocycles. The fourth-order valence-electron chi connectivity index (χ4n) is 1.73. The first-order chi connectivity index (χ1) is 9.58. The molecule has 0 spiro atoms. The minimum Gasteiger partial charge on any atom is -0.382 e. The average Bonchev–Trinajstić information content (AvgIpc) is 2.99. The second-order valence-corrected chi connectivity index (χ2v) is 4.47. The molecule has 0 fully saturated rings. The van der Waals surface area contributed by atoms with E-state index in [-0.39, 0.29) is 12.1 Å². The summed E-state index contributed by atoms with van der Waals surface area (Å²) in [4.78, 5) is 11.8. The molecule has 2 N–H and O–H groups in total. The maximum atomic E-state index is 11.8. The van der Waals surface area contributed by atoms with Gasteiger partial charge in [-0.15, -0.1) is 0 Å². The number of rotatable bonds is 5. The molecule has 2 aromatic rings. The molecule has 0 saturated carbocycles. The van der Waals surface area contributed by atoms with Crippen LogP contribution in [-0.2, 0) is 11.8 Å². The molecular formula is C12H18N6O2. The van der Waals surface area contributed by atoms with Crippen LogP contribution >= 0.6 is 0 Å². The van der Waals surface area contributed by atoms with E-state index < -0.39 is 0 Å². The van der Waals surface area contributed by atoms with Crippen LogP contribution in [0.2, 0.25) is 0 Å². The van der Waals surface area contributed by atoms with Gasteiger partial charge in [0.25, 0.3) is 0 Å². The molecule has 0 bridgehead atoms. The summed E-state index contributed by atoms with van der Waals surface area (Å²) in [6, 6.07) is 1.48. The Morgan fingerprint density at radius 3 is 2.95 bits per heavy atom. The lowest BCUT2D eigenvalue weighted by Crippen LogP contribution is -2.20. The smallest absolute Gasteiger partial charge is 0.324 e. The second kappa shape index (κ2) is 6.20. The van der Waals surface area contributed by atoms with Crippen molar-refractivity contribution in [2.45, 2.75) is 13.0 Å². The van der Waals surface area contributed by atoms with Crippen molar-refractivity contribution in [3.05, 3.63) is 24.7 Å². The molecule has 108 valence electrons. The number of ether oxygens (including phenoxy) is 1. The number of aryl methyl sites for hydroxylation is 1. The van der Waals surface area contributed by atoms with Crippen molar-refractivity contribution in [3.8, 4) is 0 Å². The standard InChI is InChI=1S/C12H18N6O2/c1-9(8-20-3)18-5-4-11(16-18)15-12(19)14-10-6-13-17(2)7-10/h4-7,9H,8H2,1-3H3,(H2,14,15,16,19)/t9-/m0/s1. The van der Waals surface area contributed by atoms with Gasteiger partial charge < -0.3 is 10.1 Å². The average molecular weight is 278 g/mol. The first kappa shape index (κ1) is 14.1. The van der Waals surface area contributed by atoms with Crippen LogP contribution in [0.15, 0.2) is 24.7 Å². The largest absolute Gasteiger partial charge is 0.382 e. The molecule has 0 radical (unpaired) electrons. The molecule has 0 aromatic carbocycles. The maximum Gasteiger partial charge on any atom is 0.324 e. The van der Waals surface area contributed by atoms with Crippen molar-refractivity contribution in [2.24, 2.45) is 7.05 Å². The van der Waals surface area contributed by atoms with E-state index in [0.717, 1.165) is 0 Å². The Morgan fingerprint density at radius 1 is 1.50 bits per heavy atom. The Hall–Kier alpha value is -2.35. The van der Waals surface area contributed by atoms with Crippen LogP contribution in [0.25, 0.3) is 0 Å². The number of nitrogens with zero attached hydrogens (tertiary/aromatic N) is 4. The molecule has 0 aliphatic heterocycles. The fourth-order valence-corrected chi connectivity index (χ4v) is 1.73. The van der Waals surface area contributed by atoms with E-state index in [1.807, 2.05) is 6.92 Å². The number of carbonyl (C=O) groups excluding carboxylic acids is 1. The van der Waals surface area contributed by atoms with E-state index in [1.54, 1.807) is 48.2 Å². The van der Waals surface area contributed by atoms with E-state index >= 15 is 0 Å². The van der Waals surface area contributed by atoms with Gasteiger partial charge in [0.15, 0.2) is 5.82 Å². The van der Waals surface area contributed by atoms with Gasteiger partial charge in [-0.3, -0.25) is 14.7 Å². The monoisotopic (exact) mass is 278 g/mol. The van der Waals surface area contributed by atoms with Gasteiger partial charge in [-0.2, -0.15) is 10.2 Å². The summed E-state index contributed by atoms with van der Waals surface area (Å²) in [5.41, 5.74) is 0.622. The number of carbonyl (C=O) groups is 1. The highest BCUT2D eigenvalue weighted by atomic mass is 16.5. The second-order valence-electron chi connectivity index (χ2n) is 4.47. The zero-order valence-electron chi connectivity index (χ0n) is 11.7. The van der Waals surface area contributed by atoms with Gasteiger partial charge in [0, 0.05) is 32.6 Å². The molecule has 0 aliphatic carbocycles. The summed E-state index contributed by atoms with van der Waals surface area (Å²) < 4.78 is 8.41. The number of hydrogen-bond acceptors (Lipinski definition) is 4. The molecule has 2 amide bonds.